The number of benzene rings is 2. The van der Waals surface area contributed by atoms with E-state index in [0.717, 1.165) is 116 Å². The molecule has 0 spiro atoms. The molecule has 0 heterocycles. The van der Waals surface area contributed by atoms with Crippen LogP contribution in [-0.2, 0) is 0 Å². The van der Waals surface area contributed by atoms with Crippen molar-refractivity contribution in [2.45, 2.75) is 273 Å². The number of hydrogen-bond donors (Lipinski definition) is 4. The SMILES string of the molecule is CCCCCCCCOc1cc(C(=O)NNC(=O)NNC(=O)c2cc(OCCCCCCCC)c(OCCCCCCCC)c(OCCCCCCCC)c2)cc(OCCCCCCCC)c1OCCCCCCCC. The number of amides is 4. The van der Waals surface area contributed by atoms with Gasteiger partial charge in [-0.05, 0) is 62.8 Å². The Labute approximate surface area is 462 Å². The normalized spacial score (nSPS) is 11.0. The van der Waals surface area contributed by atoms with Crippen LogP contribution in [0, 0.1) is 0 Å². The van der Waals surface area contributed by atoms with E-state index in [4.69, 9.17) is 28.4 Å². The van der Waals surface area contributed by atoms with Gasteiger partial charge in [-0.3, -0.25) is 20.4 Å². The predicted molar refractivity (Wildman–Crippen MR) is 313 cm³/mol. The highest BCUT2D eigenvalue weighted by Gasteiger charge is 2.22. The summed E-state index contributed by atoms with van der Waals surface area (Å²) in [5.41, 5.74) is 10.2. The van der Waals surface area contributed by atoms with Crippen molar-refractivity contribution < 1.29 is 42.8 Å². The molecule has 436 valence electrons. The summed E-state index contributed by atoms with van der Waals surface area (Å²) in [7, 11) is 0. The number of nitrogens with one attached hydrogen (secondary N) is 4. The monoisotopic (exact) mass is 1070 g/mol. The Morgan fingerprint density at radius 2 is 0.474 bits per heavy atom. The number of hydrazine groups is 2. The lowest BCUT2D eigenvalue weighted by Crippen LogP contribution is -2.52. The van der Waals surface area contributed by atoms with E-state index < -0.39 is 17.8 Å². The molecule has 0 saturated heterocycles. The van der Waals surface area contributed by atoms with E-state index in [0.29, 0.717) is 74.1 Å². The minimum atomic E-state index is -0.849. The number of rotatable bonds is 50. The fraction of sp³-hybridized carbons (Fsp3) is 0.762. The van der Waals surface area contributed by atoms with Gasteiger partial charge in [0.15, 0.2) is 23.0 Å². The van der Waals surface area contributed by atoms with Crippen molar-refractivity contribution in [1.82, 2.24) is 21.7 Å². The van der Waals surface area contributed by atoms with Crippen LogP contribution in [0.5, 0.6) is 34.5 Å². The lowest BCUT2D eigenvalue weighted by Gasteiger charge is -2.19. The lowest BCUT2D eigenvalue weighted by molar-refractivity contribution is 0.0927. The van der Waals surface area contributed by atoms with Gasteiger partial charge in [0.2, 0.25) is 11.5 Å². The summed E-state index contributed by atoms with van der Waals surface area (Å²) in [5.74, 6) is 1.57. The quantitative estimate of drug-likeness (QED) is 0.0374. The number of ether oxygens (including phenoxy) is 6. The Kier molecular flexibility index (Phi) is 42.4. The minimum absolute atomic E-state index is 0.230. The van der Waals surface area contributed by atoms with Crippen LogP contribution in [0.15, 0.2) is 24.3 Å². The van der Waals surface area contributed by atoms with E-state index in [2.05, 4.69) is 63.2 Å². The third kappa shape index (κ3) is 32.9. The molecule has 2 rings (SSSR count). The number of urea groups is 1. The predicted octanol–water partition coefficient (Wildman–Crippen LogP) is 17.4. The molecule has 0 aliphatic heterocycles. The molecule has 0 aliphatic carbocycles. The molecular weight excluding hydrogens is 957 g/mol. The largest absolute Gasteiger partial charge is 0.490 e. The second-order valence-corrected chi connectivity index (χ2v) is 20.8. The van der Waals surface area contributed by atoms with Crippen LogP contribution in [0.2, 0.25) is 0 Å². The van der Waals surface area contributed by atoms with E-state index in [-0.39, 0.29) is 11.1 Å². The van der Waals surface area contributed by atoms with Crippen molar-refractivity contribution in [3.8, 4) is 34.5 Å². The molecule has 0 fully saturated rings. The molecule has 13 heteroatoms. The summed E-state index contributed by atoms with van der Waals surface area (Å²) < 4.78 is 38.4. The van der Waals surface area contributed by atoms with E-state index in [1.807, 2.05) is 0 Å². The fourth-order valence-electron chi connectivity index (χ4n) is 8.90. The van der Waals surface area contributed by atoms with Crippen LogP contribution in [0.4, 0.5) is 4.79 Å². The lowest BCUT2D eigenvalue weighted by atomic mass is 10.1. The third-order valence-corrected chi connectivity index (χ3v) is 13.7. The van der Waals surface area contributed by atoms with Gasteiger partial charge in [-0.2, -0.15) is 0 Å². The Bertz CT molecular complexity index is 1560. The zero-order valence-electron chi connectivity index (χ0n) is 49.2. The fourth-order valence-corrected chi connectivity index (χ4v) is 8.90. The molecule has 4 amide bonds. The van der Waals surface area contributed by atoms with Crippen LogP contribution in [0.3, 0.4) is 0 Å². The minimum Gasteiger partial charge on any atom is -0.490 e. The standard InChI is InChI=1S/C63H110N4O9/c1-7-13-19-25-31-37-43-71-55-49-53(50-56(72-44-38-32-26-20-14-8-2)59(55)75-47-41-35-29-23-17-11-5)61(68)64-66-63(70)67-65-62(69)54-51-57(73-45-39-33-27-21-15-9-3)60(76-48-42-36-30-24-18-12-6)58(52-54)74-46-40-34-28-22-16-10-4/h49-52H,7-48H2,1-6H3,(H,64,68)(H,65,69)(H2,66,67,70). The second kappa shape index (κ2) is 47.6. The highest BCUT2D eigenvalue weighted by atomic mass is 16.5. The van der Waals surface area contributed by atoms with Gasteiger partial charge in [-0.25, -0.2) is 15.6 Å². The van der Waals surface area contributed by atoms with Crippen molar-refractivity contribution in [2.24, 2.45) is 0 Å². The third-order valence-electron chi connectivity index (χ3n) is 13.7. The van der Waals surface area contributed by atoms with Crippen molar-refractivity contribution >= 4 is 17.8 Å². The first-order valence-corrected chi connectivity index (χ1v) is 31.1. The molecule has 76 heavy (non-hydrogen) atoms. The van der Waals surface area contributed by atoms with Crippen molar-refractivity contribution in [2.75, 3.05) is 39.6 Å². The first-order chi connectivity index (χ1) is 37.3. The molecule has 0 bridgehead atoms. The average molecular weight is 1070 g/mol. The zero-order valence-corrected chi connectivity index (χ0v) is 49.2. The van der Waals surface area contributed by atoms with Crippen LogP contribution in [-0.4, -0.2) is 57.5 Å². The molecule has 0 radical (unpaired) electrons. The molecule has 0 aliphatic rings. The van der Waals surface area contributed by atoms with E-state index in [1.54, 1.807) is 24.3 Å². The van der Waals surface area contributed by atoms with Gasteiger partial charge in [-0.1, -0.05) is 234 Å². The molecule has 0 unspecified atom stereocenters. The molecule has 2 aromatic rings. The second-order valence-electron chi connectivity index (χ2n) is 20.8. The number of unbranched alkanes of at least 4 members (excludes halogenated alkanes) is 30. The Morgan fingerprint density at radius 1 is 0.276 bits per heavy atom. The maximum absolute atomic E-state index is 13.8. The first kappa shape index (κ1) is 67.6. The van der Waals surface area contributed by atoms with E-state index in [9.17, 15) is 14.4 Å². The van der Waals surface area contributed by atoms with Gasteiger partial charge in [0.25, 0.3) is 11.8 Å². The highest BCUT2D eigenvalue weighted by Crippen LogP contribution is 2.41. The van der Waals surface area contributed by atoms with Crippen LogP contribution in [0.1, 0.15) is 293 Å². The van der Waals surface area contributed by atoms with Gasteiger partial charge < -0.3 is 28.4 Å². The maximum Gasteiger partial charge on any atom is 0.352 e. The molecule has 0 atom stereocenters. The number of carbonyl (C=O) groups excluding carboxylic acids is 3. The van der Waals surface area contributed by atoms with Crippen LogP contribution < -0.4 is 50.1 Å². The van der Waals surface area contributed by atoms with Crippen LogP contribution >= 0.6 is 0 Å². The average Bonchev–Trinajstić information content (AvgIpc) is 3.43. The Hall–Kier alpha value is -4.55. The molecule has 13 nitrogen and oxygen atoms in total. The topological polar surface area (TPSA) is 155 Å². The van der Waals surface area contributed by atoms with Gasteiger partial charge in [-0.15, -0.1) is 0 Å². The first-order valence-electron chi connectivity index (χ1n) is 31.1. The van der Waals surface area contributed by atoms with Crippen molar-refractivity contribution in [3.63, 3.8) is 0 Å². The van der Waals surface area contributed by atoms with Gasteiger partial charge in [0.1, 0.15) is 0 Å². The van der Waals surface area contributed by atoms with Gasteiger partial charge in [0, 0.05) is 11.1 Å². The molecule has 2 aromatic carbocycles. The summed E-state index contributed by atoms with van der Waals surface area (Å²) in [6.07, 6.45) is 40.3. The number of carbonyl (C=O) groups is 3. The van der Waals surface area contributed by atoms with Crippen molar-refractivity contribution in [1.29, 1.82) is 0 Å². The summed E-state index contributed by atoms with van der Waals surface area (Å²) in [4.78, 5) is 40.9. The number of hydrogen-bond acceptors (Lipinski definition) is 9. The Morgan fingerprint density at radius 3 is 0.697 bits per heavy atom. The van der Waals surface area contributed by atoms with Crippen molar-refractivity contribution in [3.05, 3.63) is 35.4 Å². The van der Waals surface area contributed by atoms with Crippen LogP contribution in [0.25, 0.3) is 0 Å². The Balaban J connectivity index is 2.30. The van der Waals surface area contributed by atoms with E-state index in [1.165, 1.54) is 116 Å². The summed E-state index contributed by atoms with van der Waals surface area (Å²) in [6, 6.07) is 5.77. The van der Waals surface area contributed by atoms with Gasteiger partial charge >= 0.3 is 6.03 Å². The molecular formula is C63H110N4O9. The zero-order chi connectivity index (χ0) is 54.9. The summed E-state index contributed by atoms with van der Waals surface area (Å²) in [5, 5.41) is 0. The molecule has 0 aromatic heterocycles. The molecule has 0 saturated carbocycles. The maximum atomic E-state index is 13.8. The summed E-state index contributed by atoms with van der Waals surface area (Å²) >= 11 is 0. The summed E-state index contributed by atoms with van der Waals surface area (Å²) in [6.45, 7) is 16.2. The van der Waals surface area contributed by atoms with Gasteiger partial charge in [0.05, 0.1) is 39.6 Å². The molecule has 4 N–H and O–H groups in total. The van der Waals surface area contributed by atoms with E-state index >= 15 is 0 Å². The smallest absolute Gasteiger partial charge is 0.352 e. The highest BCUT2D eigenvalue weighted by molar-refractivity contribution is 5.98.